The lowest BCUT2D eigenvalue weighted by atomic mass is 9.87. The van der Waals surface area contributed by atoms with Crippen LogP contribution in [0.4, 0.5) is 0 Å². The van der Waals surface area contributed by atoms with Gasteiger partial charge in [-0.15, -0.1) is 0 Å². The Bertz CT molecular complexity index is 472. The maximum atomic E-state index is 11.5. The molecular weight excluding hydrogens is 242 g/mol. The van der Waals surface area contributed by atoms with E-state index in [-0.39, 0.29) is 11.8 Å². The Kier molecular flexibility index (Phi) is 4.10. The van der Waals surface area contributed by atoms with Crippen molar-refractivity contribution in [2.75, 3.05) is 26.7 Å². The average Bonchev–Trinajstić information content (AvgIpc) is 2.83. The van der Waals surface area contributed by atoms with Crippen LogP contribution in [0.1, 0.15) is 24.0 Å². The molecule has 0 amide bonds. The predicted molar refractivity (Wildman–Crippen MR) is 73.7 cm³/mol. The predicted octanol–water partition coefficient (Wildman–Crippen LogP) is 2.12. The molecule has 1 aromatic rings. The van der Waals surface area contributed by atoms with E-state index in [1.807, 2.05) is 19.1 Å². The van der Waals surface area contributed by atoms with Crippen LogP contribution in [0.25, 0.3) is 0 Å². The fourth-order valence-electron chi connectivity index (χ4n) is 2.85. The Morgan fingerprint density at radius 3 is 2.79 bits per heavy atom. The highest BCUT2D eigenvalue weighted by molar-refractivity contribution is 5.72. The van der Waals surface area contributed by atoms with Gasteiger partial charge in [0.1, 0.15) is 5.75 Å². The Hall–Kier alpha value is -1.55. The van der Waals surface area contributed by atoms with E-state index in [1.165, 1.54) is 0 Å². The molecule has 1 aliphatic rings. The summed E-state index contributed by atoms with van der Waals surface area (Å²) in [5, 5.41) is 9.42. The molecule has 1 saturated heterocycles. The standard InChI is InChI=1S/C15H21NO3/c1-4-16-8-12(13(9-16)15(17)18)11-7-10(2)5-6-14(11)19-3/h5-7,12-13H,4,8-9H2,1-3H3,(H,17,18). The van der Waals surface area contributed by atoms with Crippen LogP contribution in [0.2, 0.25) is 0 Å². The Labute approximate surface area is 114 Å². The highest BCUT2D eigenvalue weighted by Crippen LogP contribution is 2.38. The number of hydrogen-bond donors (Lipinski definition) is 1. The van der Waals surface area contributed by atoms with Gasteiger partial charge in [0.25, 0.3) is 0 Å². The first-order chi connectivity index (χ1) is 9.06. The van der Waals surface area contributed by atoms with E-state index in [1.54, 1.807) is 7.11 Å². The minimum absolute atomic E-state index is 0.00676. The molecule has 1 aromatic carbocycles. The normalized spacial score (nSPS) is 23.5. The van der Waals surface area contributed by atoms with E-state index in [9.17, 15) is 9.90 Å². The third-order valence-corrected chi connectivity index (χ3v) is 3.94. The number of nitrogens with zero attached hydrogens (tertiary/aromatic N) is 1. The van der Waals surface area contributed by atoms with Gasteiger partial charge in [0.15, 0.2) is 0 Å². The number of aryl methyl sites for hydroxylation is 1. The Morgan fingerprint density at radius 1 is 1.47 bits per heavy atom. The van der Waals surface area contributed by atoms with Gasteiger partial charge in [-0.05, 0) is 25.1 Å². The Morgan fingerprint density at radius 2 is 2.21 bits per heavy atom. The number of benzene rings is 1. The summed E-state index contributed by atoms with van der Waals surface area (Å²) >= 11 is 0. The van der Waals surface area contributed by atoms with Gasteiger partial charge in [0.05, 0.1) is 13.0 Å². The van der Waals surface area contributed by atoms with Gasteiger partial charge >= 0.3 is 5.97 Å². The van der Waals surface area contributed by atoms with Gasteiger partial charge in [0, 0.05) is 19.0 Å². The third-order valence-electron chi connectivity index (χ3n) is 3.94. The molecule has 2 rings (SSSR count). The number of aliphatic carboxylic acids is 1. The van der Waals surface area contributed by atoms with Crippen LogP contribution in [0.5, 0.6) is 5.75 Å². The lowest BCUT2D eigenvalue weighted by Gasteiger charge is -2.19. The fourth-order valence-corrected chi connectivity index (χ4v) is 2.85. The smallest absolute Gasteiger partial charge is 0.308 e. The number of methoxy groups -OCH3 is 1. The summed E-state index contributed by atoms with van der Waals surface area (Å²) in [6.45, 7) is 6.37. The second-order valence-corrected chi connectivity index (χ2v) is 5.15. The Balaban J connectivity index is 2.38. The molecule has 1 fully saturated rings. The number of hydrogen-bond acceptors (Lipinski definition) is 3. The minimum atomic E-state index is -0.718. The number of ether oxygens (including phenoxy) is 1. The summed E-state index contributed by atoms with van der Waals surface area (Å²) in [6.07, 6.45) is 0. The average molecular weight is 263 g/mol. The molecule has 0 aliphatic carbocycles. The number of carboxylic acid groups (broad SMARTS) is 1. The second kappa shape index (κ2) is 5.61. The van der Waals surface area contributed by atoms with Crippen molar-refractivity contribution in [1.29, 1.82) is 0 Å². The van der Waals surface area contributed by atoms with Crippen molar-refractivity contribution in [1.82, 2.24) is 4.90 Å². The lowest BCUT2D eigenvalue weighted by Crippen LogP contribution is -2.23. The lowest BCUT2D eigenvalue weighted by molar-refractivity contribution is -0.141. The molecule has 2 atom stereocenters. The molecule has 0 aromatic heterocycles. The molecule has 104 valence electrons. The summed E-state index contributed by atoms with van der Waals surface area (Å²) in [6, 6.07) is 5.97. The molecule has 2 unspecified atom stereocenters. The van der Waals surface area contributed by atoms with Crippen molar-refractivity contribution in [3.05, 3.63) is 29.3 Å². The van der Waals surface area contributed by atoms with Crippen molar-refractivity contribution in [2.45, 2.75) is 19.8 Å². The van der Waals surface area contributed by atoms with E-state index in [2.05, 4.69) is 17.9 Å². The highest BCUT2D eigenvalue weighted by Gasteiger charge is 2.39. The van der Waals surface area contributed by atoms with E-state index in [0.717, 1.165) is 30.0 Å². The van der Waals surface area contributed by atoms with Crippen LogP contribution in [-0.4, -0.2) is 42.7 Å². The number of carboxylic acids is 1. The summed E-state index contributed by atoms with van der Waals surface area (Å²) in [5.41, 5.74) is 2.15. The van der Waals surface area contributed by atoms with E-state index < -0.39 is 5.97 Å². The molecular formula is C15H21NO3. The largest absolute Gasteiger partial charge is 0.496 e. The summed E-state index contributed by atoms with van der Waals surface area (Å²) in [4.78, 5) is 13.6. The first-order valence-electron chi connectivity index (χ1n) is 6.66. The van der Waals surface area contributed by atoms with Crippen LogP contribution < -0.4 is 4.74 Å². The summed E-state index contributed by atoms with van der Waals surface area (Å²) in [7, 11) is 1.64. The van der Waals surface area contributed by atoms with Crippen LogP contribution >= 0.6 is 0 Å². The first kappa shape index (κ1) is 13.9. The van der Waals surface area contributed by atoms with E-state index >= 15 is 0 Å². The van der Waals surface area contributed by atoms with Crippen LogP contribution in [-0.2, 0) is 4.79 Å². The van der Waals surface area contributed by atoms with Crippen molar-refractivity contribution in [2.24, 2.45) is 5.92 Å². The van der Waals surface area contributed by atoms with Crippen molar-refractivity contribution in [3.63, 3.8) is 0 Å². The first-order valence-corrected chi connectivity index (χ1v) is 6.66. The molecule has 1 N–H and O–H groups in total. The van der Waals surface area contributed by atoms with E-state index in [4.69, 9.17) is 4.74 Å². The number of likely N-dealkylation sites (N-methyl/N-ethyl adjacent to an activating group) is 1. The molecule has 1 aliphatic heterocycles. The van der Waals surface area contributed by atoms with E-state index in [0.29, 0.717) is 6.54 Å². The summed E-state index contributed by atoms with van der Waals surface area (Å²) < 4.78 is 5.40. The van der Waals surface area contributed by atoms with Crippen molar-refractivity contribution < 1.29 is 14.6 Å². The maximum absolute atomic E-state index is 11.5. The van der Waals surface area contributed by atoms with Gasteiger partial charge in [-0.3, -0.25) is 4.79 Å². The highest BCUT2D eigenvalue weighted by atomic mass is 16.5. The molecule has 1 heterocycles. The molecule has 4 nitrogen and oxygen atoms in total. The molecule has 0 bridgehead atoms. The zero-order valence-electron chi connectivity index (χ0n) is 11.7. The van der Waals surface area contributed by atoms with Gasteiger partial charge in [-0.1, -0.05) is 24.6 Å². The van der Waals surface area contributed by atoms with Gasteiger partial charge in [0.2, 0.25) is 0 Å². The minimum Gasteiger partial charge on any atom is -0.496 e. The third kappa shape index (κ3) is 2.73. The van der Waals surface area contributed by atoms with Crippen molar-refractivity contribution in [3.8, 4) is 5.75 Å². The number of carbonyl (C=O) groups is 1. The fraction of sp³-hybridized carbons (Fsp3) is 0.533. The number of rotatable bonds is 4. The second-order valence-electron chi connectivity index (χ2n) is 5.15. The van der Waals surface area contributed by atoms with Crippen LogP contribution in [0.15, 0.2) is 18.2 Å². The number of likely N-dealkylation sites (tertiary alicyclic amines) is 1. The zero-order chi connectivity index (χ0) is 14.0. The maximum Gasteiger partial charge on any atom is 0.308 e. The zero-order valence-corrected chi connectivity index (χ0v) is 11.7. The molecule has 4 heteroatoms. The van der Waals surface area contributed by atoms with Crippen molar-refractivity contribution >= 4 is 5.97 Å². The van der Waals surface area contributed by atoms with Crippen LogP contribution in [0.3, 0.4) is 0 Å². The monoisotopic (exact) mass is 263 g/mol. The molecule has 0 spiro atoms. The molecule has 0 saturated carbocycles. The molecule has 19 heavy (non-hydrogen) atoms. The molecule has 0 radical (unpaired) electrons. The van der Waals surface area contributed by atoms with Gasteiger partial charge in [-0.2, -0.15) is 0 Å². The SMILES string of the molecule is CCN1CC(C(=O)O)C(c2cc(C)ccc2OC)C1. The quantitative estimate of drug-likeness (QED) is 0.904. The van der Waals surface area contributed by atoms with Crippen LogP contribution in [0, 0.1) is 12.8 Å². The van der Waals surface area contributed by atoms with Gasteiger partial charge < -0.3 is 14.7 Å². The topological polar surface area (TPSA) is 49.8 Å². The van der Waals surface area contributed by atoms with Gasteiger partial charge in [-0.25, -0.2) is 0 Å². The summed E-state index contributed by atoms with van der Waals surface area (Å²) in [5.74, 6) is -0.271.